The van der Waals surface area contributed by atoms with Crippen molar-refractivity contribution in [2.24, 2.45) is 0 Å². The second-order valence-corrected chi connectivity index (χ2v) is 34.1. The van der Waals surface area contributed by atoms with Gasteiger partial charge in [0, 0.05) is 157 Å². The molecule has 0 unspecified atom stereocenters. The Bertz CT molecular complexity index is 4610. The summed E-state index contributed by atoms with van der Waals surface area (Å²) >= 11 is 0. The second-order valence-electron chi connectivity index (χ2n) is 24.6. The minimum Gasteiger partial charge on any atom is -0.491 e. The van der Waals surface area contributed by atoms with Gasteiger partial charge in [-0.2, -0.15) is 42.3 Å². The topological polar surface area (TPSA) is 373 Å². The average molecular weight is 1530 g/mol. The average Bonchev–Trinajstić information content (AvgIpc) is 0.768. The third kappa shape index (κ3) is 17.1. The molecule has 4 heterocycles. The molecule has 0 saturated carbocycles. The number of anilines is 2. The number of fused-ring (bicyclic) bond motifs is 26. The lowest BCUT2D eigenvalue weighted by molar-refractivity contribution is 0.0737. The standard InChI is InChI=1S/C68H76N4O24S6/c1-69(2)61-13-5-11-59-57(61)9-7-15-63(59)97(73,74)71-17-21-89-25-29-93-65-45-33-49-41-55(101(83,84)85)43-51-35-47-39-54(100(80,81)82)40-48(66(47)94-30-26-90-22-18-71)36-52-44-56(102(86,87)88)42-50(34-46(65)38-53(37-45)99(77,78)79)68(52)96-32-28-92-24-20-72(19-23-91-27-31-95-67(49)51)98(75,76)64-16-8-10-58-60(64)12-6-14-62(58)70(3)4/h5-16,37-44H,17-36H2,1-4H3,(H,77,78,79)(H,80,81,82)(H,83,84,85)(H,86,87,88). The predicted molar refractivity (Wildman–Crippen MR) is 376 cm³/mol. The summed E-state index contributed by atoms with van der Waals surface area (Å²) in [5, 5.41) is 2.24. The van der Waals surface area contributed by atoms with Gasteiger partial charge in [0.05, 0.1) is 82.2 Å². The molecule has 5 aliphatic rings. The van der Waals surface area contributed by atoms with Gasteiger partial charge in [-0.25, -0.2) is 16.8 Å². The summed E-state index contributed by atoms with van der Waals surface area (Å²) in [5.74, 6) is -0.675. The molecular formula is C68H76N4O24S6. The Kier molecular flexibility index (Phi) is 22.9. The number of benzene rings is 8. The molecule has 4 aliphatic heterocycles. The van der Waals surface area contributed by atoms with Crippen LogP contribution in [-0.4, -0.2) is 211 Å². The fourth-order valence-electron chi connectivity index (χ4n) is 12.7. The van der Waals surface area contributed by atoms with Crippen LogP contribution in [0.5, 0.6) is 23.0 Å². The highest BCUT2D eigenvalue weighted by molar-refractivity contribution is 7.89. The molecule has 548 valence electrons. The Labute approximate surface area is 592 Å². The lowest BCUT2D eigenvalue weighted by Gasteiger charge is -2.25. The van der Waals surface area contributed by atoms with E-state index < -0.39 is 132 Å². The number of hydrogen-bond acceptors (Lipinski definition) is 22. The lowest BCUT2D eigenvalue weighted by Crippen LogP contribution is -2.37. The molecule has 0 atom stereocenters. The van der Waals surface area contributed by atoms with E-state index in [2.05, 4.69) is 0 Å². The molecule has 13 rings (SSSR count). The van der Waals surface area contributed by atoms with Crippen LogP contribution in [0.3, 0.4) is 0 Å². The van der Waals surface area contributed by atoms with Gasteiger partial charge in [-0.1, -0.05) is 48.5 Å². The Hall–Kier alpha value is -7.62. The molecule has 102 heavy (non-hydrogen) atoms. The van der Waals surface area contributed by atoms with E-state index in [0.29, 0.717) is 21.5 Å². The molecule has 0 aromatic heterocycles. The molecule has 12 bridgehead atoms. The quantitative estimate of drug-likeness (QED) is 0.0809. The summed E-state index contributed by atoms with van der Waals surface area (Å²) in [4.78, 5) is 0.711. The van der Waals surface area contributed by atoms with Crippen molar-refractivity contribution in [2.45, 2.75) is 55.1 Å². The van der Waals surface area contributed by atoms with Crippen molar-refractivity contribution in [1.82, 2.24) is 8.61 Å². The molecule has 0 saturated heterocycles. The van der Waals surface area contributed by atoms with Crippen LogP contribution in [0.25, 0.3) is 21.5 Å². The number of ether oxygens (including phenoxy) is 8. The van der Waals surface area contributed by atoms with Gasteiger partial charge in [0.1, 0.15) is 49.4 Å². The van der Waals surface area contributed by atoms with Crippen LogP contribution in [0, 0.1) is 0 Å². The summed E-state index contributed by atoms with van der Waals surface area (Å²) in [5.41, 5.74) is 0.483. The summed E-state index contributed by atoms with van der Waals surface area (Å²) in [6.45, 7) is -4.60. The van der Waals surface area contributed by atoms with Crippen molar-refractivity contribution in [3.63, 3.8) is 0 Å². The van der Waals surface area contributed by atoms with E-state index in [4.69, 9.17) is 37.9 Å². The van der Waals surface area contributed by atoms with Crippen molar-refractivity contribution in [2.75, 3.05) is 143 Å². The maximum atomic E-state index is 14.9. The molecule has 28 nitrogen and oxygen atoms in total. The van der Waals surface area contributed by atoms with Crippen LogP contribution in [0.4, 0.5) is 11.4 Å². The van der Waals surface area contributed by atoms with Crippen molar-refractivity contribution in [3.8, 4) is 23.0 Å². The minimum absolute atomic E-state index is 0.00452. The van der Waals surface area contributed by atoms with Gasteiger partial charge in [-0.15, -0.1) is 0 Å². The van der Waals surface area contributed by atoms with Crippen molar-refractivity contribution in [3.05, 3.63) is 166 Å². The van der Waals surface area contributed by atoms with Crippen molar-refractivity contribution >= 4 is 93.4 Å². The van der Waals surface area contributed by atoms with E-state index in [-0.39, 0.29) is 156 Å². The fourth-order valence-corrected chi connectivity index (χ4v) is 18.3. The monoisotopic (exact) mass is 1520 g/mol. The highest BCUT2D eigenvalue weighted by Gasteiger charge is 2.33. The molecule has 8 aromatic rings. The Morgan fingerprint density at radius 1 is 0.304 bits per heavy atom. The number of sulfonamides is 2. The van der Waals surface area contributed by atoms with Crippen LogP contribution in [0.2, 0.25) is 0 Å². The third-order valence-electron chi connectivity index (χ3n) is 17.3. The van der Waals surface area contributed by atoms with Crippen LogP contribution in [0.1, 0.15) is 44.5 Å². The molecule has 34 heteroatoms. The van der Waals surface area contributed by atoms with Gasteiger partial charge in [0.2, 0.25) is 20.0 Å². The Morgan fingerprint density at radius 2 is 0.529 bits per heavy atom. The first kappa shape index (κ1) is 75.5. The maximum Gasteiger partial charge on any atom is 0.294 e. The van der Waals surface area contributed by atoms with Gasteiger partial charge < -0.3 is 47.7 Å². The van der Waals surface area contributed by atoms with E-state index >= 15 is 0 Å². The van der Waals surface area contributed by atoms with Crippen LogP contribution in [0.15, 0.2) is 151 Å². The molecule has 0 spiro atoms. The summed E-state index contributed by atoms with van der Waals surface area (Å²) in [6, 6.07) is 28.6. The van der Waals surface area contributed by atoms with Gasteiger partial charge in [-0.3, -0.25) is 18.2 Å². The first-order chi connectivity index (χ1) is 48.3. The highest BCUT2D eigenvalue weighted by atomic mass is 32.2. The first-order valence-electron chi connectivity index (χ1n) is 32.0. The summed E-state index contributed by atoms with van der Waals surface area (Å²) in [6.07, 6.45) is -2.44. The molecule has 8 aromatic carbocycles. The number of rotatable bonds is 10. The minimum atomic E-state index is -5.22. The van der Waals surface area contributed by atoms with E-state index in [1.807, 2.05) is 62.3 Å². The van der Waals surface area contributed by atoms with Crippen molar-refractivity contribution < 1.29 is 107 Å². The highest BCUT2D eigenvalue weighted by Crippen LogP contribution is 2.43. The van der Waals surface area contributed by atoms with Gasteiger partial charge >= 0.3 is 0 Å². The lowest BCUT2D eigenvalue weighted by atomic mass is 9.91. The van der Waals surface area contributed by atoms with E-state index in [9.17, 15) is 68.7 Å². The zero-order valence-corrected chi connectivity index (χ0v) is 60.8. The molecule has 0 amide bonds. The first-order valence-corrected chi connectivity index (χ1v) is 40.7. The van der Waals surface area contributed by atoms with Crippen LogP contribution >= 0.6 is 0 Å². The Morgan fingerprint density at radius 3 is 0.755 bits per heavy atom. The fraction of sp³-hybridized carbons (Fsp3) is 0.353. The van der Waals surface area contributed by atoms with E-state index in [0.717, 1.165) is 59.9 Å². The zero-order chi connectivity index (χ0) is 73.1. The summed E-state index contributed by atoms with van der Waals surface area (Å²) in [7, 11) is -22.2. The maximum absolute atomic E-state index is 14.9. The molecule has 0 fully saturated rings. The SMILES string of the molecule is CN(C)c1cccc2c(S(=O)(=O)N3CCOCCOc4c5cc(S(=O)(=O)O)cc4Cc4cc(S(=O)(=O)O)cc6c4OCCOCCN(S(=O)(=O)c4cccc7c(N(C)C)cccc47)CCOCCOc4c(cc(S(=O)(=O)O)cc4Cc4cc(S(=O)(=O)O)cc(c4OCCOCC3)C6)C5)cccc12. The third-order valence-corrected chi connectivity index (χ3v) is 24.6. The van der Waals surface area contributed by atoms with Gasteiger partial charge in [0.15, 0.2) is 0 Å². The Balaban J connectivity index is 1.09. The molecule has 4 N–H and O–H groups in total. The van der Waals surface area contributed by atoms with Gasteiger partial charge in [-0.05, 0) is 72.8 Å². The van der Waals surface area contributed by atoms with Gasteiger partial charge in [0.25, 0.3) is 40.5 Å². The number of nitrogens with zero attached hydrogens (tertiary/aromatic N) is 4. The van der Waals surface area contributed by atoms with Crippen LogP contribution in [-0.2, 0) is 105 Å². The van der Waals surface area contributed by atoms with E-state index in [1.54, 1.807) is 36.4 Å². The predicted octanol–water partition coefficient (Wildman–Crippen LogP) is 6.78. The molecule has 1 aliphatic carbocycles. The van der Waals surface area contributed by atoms with Crippen molar-refractivity contribution in [1.29, 1.82) is 0 Å². The smallest absolute Gasteiger partial charge is 0.294 e. The molecule has 0 radical (unpaired) electrons. The second kappa shape index (κ2) is 31.0. The molecular weight excluding hydrogens is 1450 g/mol. The summed E-state index contributed by atoms with van der Waals surface area (Å²) < 4.78 is 265. The largest absolute Gasteiger partial charge is 0.491 e. The van der Waals surface area contributed by atoms with E-state index in [1.165, 1.54) is 20.7 Å². The number of hydrogen-bond donors (Lipinski definition) is 4. The van der Waals surface area contributed by atoms with Crippen LogP contribution < -0.4 is 28.7 Å². The normalized spacial score (nSPS) is 16.8. The zero-order valence-electron chi connectivity index (χ0n) is 55.9.